The first-order valence-electron chi connectivity index (χ1n) is 5.17. The molecule has 1 rings (SSSR count). The summed E-state index contributed by atoms with van der Waals surface area (Å²) in [6, 6.07) is 3.60. The van der Waals surface area contributed by atoms with Crippen molar-refractivity contribution in [3.05, 3.63) is 29.8 Å². The zero-order valence-electron chi connectivity index (χ0n) is 9.29. The lowest BCUT2D eigenvalue weighted by Crippen LogP contribution is -2.08. The molecule has 6 heteroatoms. The van der Waals surface area contributed by atoms with Crippen molar-refractivity contribution in [2.24, 2.45) is 0 Å². The van der Waals surface area contributed by atoms with Crippen LogP contribution in [-0.2, 0) is 16.0 Å². The zero-order valence-corrected chi connectivity index (χ0v) is 10.1. The van der Waals surface area contributed by atoms with Gasteiger partial charge in [0.1, 0.15) is 0 Å². The van der Waals surface area contributed by atoms with Gasteiger partial charge in [-0.15, -0.1) is 0 Å². The van der Waals surface area contributed by atoms with Gasteiger partial charge in [0.2, 0.25) is 0 Å². The lowest BCUT2D eigenvalue weighted by Gasteiger charge is -2.08. The molecule has 0 aliphatic rings. The van der Waals surface area contributed by atoms with Gasteiger partial charge >= 0.3 is 6.18 Å². The predicted octanol–water partition coefficient (Wildman–Crippen LogP) is 3.28. The highest BCUT2D eigenvalue weighted by Gasteiger charge is 2.30. The summed E-state index contributed by atoms with van der Waals surface area (Å²) in [7, 11) is -3.45. The van der Waals surface area contributed by atoms with E-state index in [1.165, 1.54) is 0 Å². The summed E-state index contributed by atoms with van der Waals surface area (Å²) >= 11 is 0. The molecule has 0 fully saturated rings. The highest BCUT2D eigenvalue weighted by Crippen LogP contribution is 2.29. The van der Waals surface area contributed by atoms with E-state index >= 15 is 0 Å². The first-order chi connectivity index (χ1) is 7.77. The summed E-state index contributed by atoms with van der Waals surface area (Å²) in [5.74, 6) is -0.0329. The molecule has 96 valence electrons. The van der Waals surface area contributed by atoms with Gasteiger partial charge in [0, 0.05) is 0 Å². The Balaban J connectivity index is 2.95. The fourth-order valence-electron chi connectivity index (χ4n) is 1.30. The highest BCUT2D eigenvalue weighted by molar-refractivity contribution is 7.91. The molecule has 0 aliphatic carbocycles. The maximum atomic E-state index is 12.3. The second kappa shape index (κ2) is 5.08. The Kier molecular flexibility index (Phi) is 4.19. The third kappa shape index (κ3) is 3.73. The van der Waals surface area contributed by atoms with Gasteiger partial charge in [-0.3, -0.25) is 0 Å². The Labute approximate surface area is 98.4 Å². The van der Waals surface area contributed by atoms with Crippen molar-refractivity contribution < 1.29 is 21.6 Å². The minimum absolute atomic E-state index is 0.0329. The Bertz CT molecular complexity index is 460. The topological polar surface area (TPSA) is 34.1 Å². The van der Waals surface area contributed by atoms with E-state index in [4.69, 9.17) is 0 Å². The van der Waals surface area contributed by atoms with E-state index in [1.54, 1.807) is 0 Å². The Morgan fingerprint density at radius 1 is 1.12 bits per heavy atom. The van der Waals surface area contributed by atoms with Crippen LogP contribution in [0.15, 0.2) is 29.2 Å². The average molecular weight is 266 g/mol. The van der Waals surface area contributed by atoms with Gasteiger partial charge in [-0.2, -0.15) is 13.2 Å². The van der Waals surface area contributed by atoms with Crippen LogP contribution < -0.4 is 0 Å². The van der Waals surface area contributed by atoms with Crippen molar-refractivity contribution in [2.45, 2.75) is 30.8 Å². The standard InChI is InChI=1S/C11H13F3O2S/c1-2-3-8-17(15,16)10-6-4-9(5-7-10)11(12,13)14/h4-7H,2-3,8H2,1H3. The third-order valence-electron chi connectivity index (χ3n) is 2.31. The summed E-state index contributed by atoms with van der Waals surface area (Å²) in [5, 5.41) is 0. The van der Waals surface area contributed by atoms with Gasteiger partial charge in [-0.05, 0) is 30.7 Å². The van der Waals surface area contributed by atoms with Crippen LogP contribution in [0.4, 0.5) is 13.2 Å². The molecular formula is C11H13F3O2S. The largest absolute Gasteiger partial charge is 0.416 e. The Morgan fingerprint density at radius 2 is 1.65 bits per heavy atom. The number of hydrogen-bond donors (Lipinski definition) is 0. The number of benzene rings is 1. The van der Waals surface area contributed by atoms with Gasteiger partial charge in [0.05, 0.1) is 16.2 Å². The Hall–Kier alpha value is -1.04. The number of rotatable bonds is 4. The molecule has 0 bridgehead atoms. The molecule has 0 N–H and O–H groups in total. The quantitative estimate of drug-likeness (QED) is 0.838. The number of unbranched alkanes of at least 4 members (excludes halogenated alkanes) is 1. The van der Waals surface area contributed by atoms with E-state index in [2.05, 4.69) is 0 Å². The number of sulfone groups is 1. The molecule has 0 saturated carbocycles. The van der Waals surface area contributed by atoms with E-state index < -0.39 is 21.6 Å². The molecule has 1 aromatic rings. The van der Waals surface area contributed by atoms with Gasteiger partial charge in [-0.1, -0.05) is 13.3 Å². The van der Waals surface area contributed by atoms with Crippen molar-refractivity contribution in [3.63, 3.8) is 0 Å². The van der Waals surface area contributed by atoms with Gasteiger partial charge < -0.3 is 0 Å². The molecule has 1 aromatic carbocycles. The zero-order chi connectivity index (χ0) is 13.1. The lowest BCUT2D eigenvalue weighted by atomic mass is 10.2. The first-order valence-corrected chi connectivity index (χ1v) is 6.82. The van der Waals surface area contributed by atoms with Crippen LogP contribution in [0, 0.1) is 0 Å². The fraction of sp³-hybridized carbons (Fsp3) is 0.455. The monoisotopic (exact) mass is 266 g/mol. The molecule has 0 heterocycles. The smallest absolute Gasteiger partial charge is 0.224 e. The molecule has 2 nitrogen and oxygen atoms in total. The van der Waals surface area contributed by atoms with Crippen molar-refractivity contribution in [1.82, 2.24) is 0 Å². The van der Waals surface area contributed by atoms with Crippen LogP contribution in [0.25, 0.3) is 0 Å². The maximum Gasteiger partial charge on any atom is 0.416 e. The SMILES string of the molecule is CCCCS(=O)(=O)c1ccc(C(F)(F)F)cc1. The fourth-order valence-corrected chi connectivity index (χ4v) is 2.76. The molecular weight excluding hydrogens is 253 g/mol. The average Bonchev–Trinajstić information content (AvgIpc) is 2.25. The Morgan fingerprint density at radius 3 is 2.06 bits per heavy atom. The van der Waals surface area contributed by atoms with Crippen LogP contribution in [0.3, 0.4) is 0 Å². The maximum absolute atomic E-state index is 12.3. The molecule has 0 unspecified atom stereocenters. The molecule has 17 heavy (non-hydrogen) atoms. The van der Waals surface area contributed by atoms with Gasteiger partial charge in [0.15, 0.2) is 9.84 Å². The minimum atomic E-state index is -4.44. The molecule has 0 atom stereocenters. The molecule has 0 radical (unpaired) electrons. The summed E-state index contributed by atoms with van der Waals surface area (Å²) < 4.78 is 60.1. The molecule has 0 saturated heterocycles. The third-order valence-corrected chi connectivity index (χ3v) is 4.12. The summed E-state index contributed by atoms with van der Waals surface area (Å²) in [5.41, 5.74) is -0.841. The first kappa shape index (κ1) is 14.0. The van der Waals surface area contributed by atoms with E-state index in [0.29, 0.717) is 6.42 Å². The normalized spacial score (nSPS) is 12.7. The summed E-state index contributed by atoms with van der Waals surface area (Å²) in [6.07, 6.45) is -3.21. The van der Waals surface area contributed by atoms with Crippen molar-refractivity contribution in [3.8, 4) is 0 Å². The van der Waals surface area contributed by atoms with E-state index in [0.717, 1.165) is 30.7 Å². The molecule has 0 aliphatic heterocycles. The van der Waals surface area contributed by atoms with Crippen molar-refractivity contribution >= 4 is 9.84 Å². The lowest BCUT2D eigenvalue weighted by molar-refractivity contribution is -0.137. The number of alkyl halides is 3. The molecule has 0 amide bonds. The summed E-state index contributed by atoms with van der Waals surface area (Å²) in [4.78, 5) is -0.0565. The van der Waals surface area contributed by atoms with Gasteiger partial charge in [0.25, 0.3) is 0 Å². The molecule has 0 aromatic heterocycles. The molecule has 0 spiro atoms. The summed E-state index contributed by atoms with van der Waals surface area (Å²) in [6.45, 7) is 1.85. The van der Waals surface area contributed by atoms with Crippen molar-refractivity contribution in [1.29, 1.82) is 0 Å². The second-order valence-corrected chi connectivity index (χ2v) is 5.80. The van der Waals surface area contributed by atoms with Crippen LogP contribution in [0.1, 0.15) is 25.3 Å². The van der Waals surface area contributed by atoms with E-state index in [1.807, 2.05) is 6.92 Å². The second-order valence-electron chi connectivity index (χ2n) is 3.69. The van der Waals surface area contributed by atoms with Crippen LogP contribution in [0.5, 0.6) is 0 Å². The minimum Gasteiger partial charge on any atom is -0.224 e. The van der Waals surface area contributed by atoms with E-state index in [9.17, 15) is 21.6 Å². The predicted molar refractivity (Wildman–Crippen MR) is 58.4 cm³/mol. The number of hydrogen-bond acceptors (Lipinski definition) is 2. The van der Waals surface area contributed by atoms with Crippen molar-refractivity contribution in [2.75, 3.05) is 5.75 Å². The highest BCUT2D eigenvalue weighted by atomic mass is 32.2. The van der Waals surface area contributed by atoms with Crippen LogP contribution >= 0.6 is 0 Å². The number of halogens is 3. The van der Waals surface area contributed by atoms with Gasteiger partial charge in [-0.25, -0.2) is 8.42 Å². The van der Waals surface area contributed by atoms with Crippen LogP contribution in [0.2, 0.25) is 0 Å². The van der Waals surface area contributed by atoms with E-state index in [-0.39, 0.29) is 10.6 Å². The van der Waals surface area contributed by atoms with Crippen LogP contribution in [-0.4, -0.2) is 14.2 Å².